The first-order chi connectivity index (χ1) is 5.18. The zero-order chi connectivity index (χ0) is 8.27. The second-order valence-electron chi connectivity index (χ2n) is 3.54. The molecule has 1 heterocycles. The van der Waals surface area contributed by atoms with Crippen LogP contribution in [0.4, 0.5) is 0 Å². The first-order valence-corrected chi connectivity index (χ1v) is 4.22. The number of hydrogen-bond acceptors (Lipinski definition) is 1. The maximum absolute atomic E-state index is 5.34. The van der Waals surface area contributed by atoms with Crippen molar-refractivity contribution in [3.8, 4) is 0 Å². The van der Waals surface area contributed by atoms with Gasteiger partial charge in [0.25, 0.3) is 0 Å². The van der Waals surface area contributed by atoms with Gasteiger partial charge in [0.1, 0.15) is 0 Å². The molecule has 1 unspecified atom stereocenters. The fourth-order valence-corrected chi connectivity index (χ4v) is 1.16. The number of hydrogen-bond donors (Lipinski definition) is 0. The van der Waals surface area contributed by atoms with Crippen LogP contribution in [0.3, 0.4) is 0 Å². The fraction of sp³-hybridized carbons (Fsp3) is 0.600. The maximum Gasteiger partial charge on any atom is 0.1000 e. The molecule has 1 heteroatoms. The summed E-state index contributed by atoms with van der Waals surface area (Å²) in [6.07, 6.45) is 7.08. The third-order valence-corrected chi connectivity index (χ3v) is 1.66. The van der Waals surface area contributed by atoms with Gasteiger partial charge in [-0.2, -0.15) is 0 Å². The van der Waals surface area contributed by atoms with E-state index < -0.39 is 0 Å². The van der Waals surface area contributed by atoms with Gasteiger partial charge in [0.2, 0.25) is 0 Å². The summed E-state index contributed by atoms with van der Waals surface area (Å²) in [7, 11) is 0. The quantitative estimate of drug-likeness (QED) is 0.590. The molecule has 0 fully saturated rings. The van der Waals surface area contributed by atoms with Crippen LogP contribution in [-0.2, 0) is 4.74 Å². The van der Waals surface area contributed by atoms with Crippen molar-refractivity contribution >= 4 is 0 Å². The van der Waals surface area contributed by atoms with Crippen LogP contribution in [0.15, 0.2) is 24.2 Å². The van der Waals surface area contributed by atoms with Gasteiger partial charge >= 0.3 is 0 Å². The smallest absolute Gasteiger partial charge is 0.1000 e. The van der Waals surface area contributed by atoms with Crippen molar-refractivity contribution in [3.05, 3.63) is 24.2 Å². The van der Waals surface area contributed by atoms with E-state index in [1.165, 1.54) is 0 Å². The van der Waals surface area contributed by atoms with Gasteiger partial charge in [-0.25, -0.2) is 0 Å². The van der Waals surface area contributed by atoms with Gasteiger partial charge in [0.15, 0.2) is 0 Å². The standard InChI is InChI=1S/C10H16O/c1-8(2)6-10-7-9(3)4-5-11-10/h4-5,7-9H,6H2,1-3H3. The molecular weight excluding hydrogens is 136 g/mol. The Kier molecular flexibility index (Phi) is 2.75. The van der Waals surface area contributed by atoms with E-state index in [4.69, 9.17) is 4.74 Å². The van der Waals surface area contributed by atoms with Crippen LogP contribution in [0.25, 0.3) is 0 Å². The largest absolute Gasteiger partial charge is 0.470 e. The Morgan fingerprint density at radius 2 is 2.27 bits per heavy atom. The molecule has 1 rings (SSSR count). The van der Waals surface area contributed by atoms with Crippen LogP contribution in [-0.4, -0.2) is 0 Å². The fourth-order valence-electron chi connectivity index (χ4n) is 1.16. The third-order valence-electron chi connectivity index (χ3n) is 1.66. The molecule has 0 N–H and O–H groups in total. The number of rotatable bonds is 2. The average molecular weight is 152 g/mol. The summed E-state index contributed by atoms with van der Waals surface area (Å²) in [5.74, 6) is 2.34. The van der Waals surface area contributed by atoms with E-state index in [1.54, 1.807) is 6.26 Å². The summed E-state index contributed by atoms with van der Waals surface area (Å²) < 4.78 is 5.34. The molecule has 0 amide bonds. The van der Waals surface area contributed by atoms with Gasteiger partial charge in [-0.05, 0) is 24.0 Å². The normalized spacial score (nSPS) is 23.3. The number of ether oxygens (including phenoxy) is 1. The molecular formula is C10H16O. The molecule has 1 aliphatic rings. The van der Waals surface area contributed by atoms with E-state index in [9.17, 15) is 0 Å². The molecule has 0 aromatic heterocycles. The topological polar surface area (TPSA) is 9.23 Å². The Labute approximate surface area is 68.8 Å². The lowest BCUT2D eigenvalue weighted by atomic mass is 10.0. The average Bonchev–Trinajstić information content (AvgIpc) is 1.85. The highest BCUT2D eigenvalue weighted by Gasteiger charge is 2.06. The van der Waals surface area contributed by atoms with Crippen molar-refractivity contribution in [1.29, 1.82) is 0 Å². The molecule has 0 saturated carbocycles. The molecule has 11 heavy (non-hydrogen) atoms. The van der Waals surface area contributed by atoms with Crippen LogP contribution in [0.5, 0.6) is 0 Å². The second kappa shape index (κ2) is 3.61. The van der Waals surface area contributed by atoms with Crippen LogP contribution >= 0.6 is 0 Å². The molecule has 1 aliphatic heterocycles. The predicted molar refractivity (Wildman–Crippen MR) is 46.9 cm³/mol. The van der Waals surface area contributed by atoms with Crippen LogP contribution in [0.2, 0.25) is 0 Å². The molecule has 0 aromatic rings. The summed E-state index contributed by atoms with van der Waals surface area (Å²) in [5.41, 5.74) is 0. The van der Waals surface area contributed by atoms with E-state index >= 15 is 0 Å². The molecule has 0 radical (unpaired) electrons. The summed E-state index contributed by atoms with van der Waals surface area (Å²) in [6, 6.07) is 0. The molecule has 0 aromatic carbocycles. The van der Waals surface area contributed by atoms with E-state index in [2.05, 4.69) is 32.9 Å². The molecule has 62 valence electrons. The Bertz CT molecular complexity index is 177. The third kappa shape index (κ3) is 2.79. The van der Waals surface area contributed by atoms with E-state index in [0.717, 1.165) is 12.2 Å². The van der Waals surface area contributed by atoms with Gasteiger partial charge in [-0.15, -0.1) is 0 Å². The Morgan fingerprint density at radius 1 is 1.55 bits per heavy atom. The van der Waals surface area contributed by atoms with Crippen LogP contribution in [0, 0.1) is 11.8 Å². The Balaban J connectivity index is 2.46. The van der Waals surface area contributed by atoms with Gasteiger partial charge in [0.05, 0.1) is 12.0 Å². The first kappa shape index (κ1) is 8.38. The lowest BCUT2D eigenvalue weighted by Gasteiger charge is -2.14. The summed E-state index contributed by atoms with van der Waals surface area (Å²) in [5, 5.41) is 0. The lowest BCUT2D eigenvalue weighted by Crippen LogP contribution is -2.00. The number of allylic oxidation sites excluding steroid dienone is 3. The second-order valence-corrected chi connectivity index (χ2v) is 3.54. The molecule has 0 spiro atoms. The summed E-state index contributed by atoms with van der Waals surface area (Å²) in [6.45, 7) is 6.57. The van der Waals surface area contributed by atoms with Crippen LogP contribution < -0.4 is 0 Å². The lowest BCUT2D eigenvalue weighted by molar-refractivity contribution is 0.303. The van der Waals surface area contributed by atoms with Gasteiger partial charge < -0.3 is 4.74 Å². The minimum absolute atomic E-state index is 0.539. The zero-order valence-corrected chi connectivity index (χ0v) is 7.50. The van der Waals surface area contributed by atoms with Crippen molar-refractivity contribution in [2.45, 2.75) is 27.2 Å². The van der Waals surface area contributed by atoms with Crippen LogP contribution in [0.1, 0.15) is 27.2 Å². The molecule has 1 atom stereocenters. The van der Waals surface area contributed by atoms with Crippen molar-refractivity contribution < 1.29 is 4.74 Å². The first-order valence-electron chi connectivity index (χ1n) is 4.22. The summed E-state index contributed by atoms with van der Waals surface area (Å²) in [4.78, 5) is 0. The highest BCUT2D eigenvalue weighted by molar-refractivity contribution is 5.08. The SMILES string of the molecule is CC1C=COC(CC(C)C)=C1. The van der Waals surface area contributed by atoms with E-state index in [-0.39, 0.29) is 0 Å². The van der Waals surface area contributed by atoms with Crippen molar-refractivity contribution in [2.75, 3.05) is 0 Å². The van der Waals surface area contributed by atoms with Gasteiger partial charge in [-0.1, -0.05) is 20.8 Å². The zero-order valence-electron chi connectivity index (χ0n) is 7.50. The monoisotopic (exact) mass is 152 g/mol. The van der Waals surface area contributed by atoms with Crippen molar-refractivity contribution in [3.63, 3.8) is 0 Å². The van der Waals surface area contributed by atoms with E-state index in [0.29, 0.717) is 11.8 Å². The summed E-state index contributed by atoms with van der Waals surface area (Å²) >= 11 is 0. The van der Waals surface area contributed by atoms with Gasteiger partial charge in [0, 0.05) is 6.42 Å². The Morgan fingerprint density at radius 3 is 2.82 bits per heavy atom. The van der Waals surface area contributed by atoms with Gasteiger partial charge in [-0.3, -0.25) is 0 Å². The minimum atomic E-state index is 0.539. The van der Waals surface area contributed by atoms with E-state index in [1.807, 2.05) is 0 Å². The molecule has 0 aliphatic carbocycles. The maximum atomic E-state index is 5.34. The highest BCUT2D eigenvalue weighted by atomic mass is 16.5. The Hall–Kier alpha value is -0.720. The predicted octanol–water partition coefficient (Wildman–Crippen LogP) is 3.10. The minimum Gasteiger partial charge on any atom is -0.470 e. The molecule has 0 bridgehead atoms. The molecule has 1 nitrogen and oxygen atoms in total. The highest BCUT2D eigenvalue weighted by Crippen LogP contribution is 2.19. The molecule has 0 saturated heterocycles. The van der Waals surface area contributed by atoms with Crippen molar-refractivity contribution in [1.82, 2.24) is 0 Å². The van der Waals surface area contributed by atoms with Crippen molar-refractivity contribution in [2.24, 2.45) is 11.8 Å².